The summed E-state index contributed by atoms with van der Waals surface area (Å²) in [7, 11) is 0. The Bertz CT molecular complexity index is 568. The van der Waals surface area contributed by atoms with Crippen LogP contribution in [0.25, 0.3) is 0 Å². The number of pyridine rings is 1. The van der Waals surface area contributed by atoms with Gasteiger partial charge in [-0.2, -0.15) is 0 Å². The summed E-state index contributed by atoms with van der Waals surface area (Å²) in [6.45, 7) is 8.50. The lowest BCUT2D eigenvalue weighted by atomic mass is 9.87. The Balaban J connectivity index is 2.20. The Morgan fingerprint density at radius 1 is 1.11 bits per heavy atom. The highest BCUT2D eigenvalue weighted by molar-refractivity contribution is 5.50. The van der Waals surface area contributed by atoms with Crippen molar-refractivity contribution in [2.45, 2.75) is 33.1 Å². The van der Waals surface area contributed by atoms with Gasteiger partial charge in [0.1, 0.15) is 5.75 Å². The van der Waals surface area contributed by atoms with Crippen molar-refractivity contribution in [3.63, 3.8) is 0 Å². The second-order valence-electron chi connectivity index (χ2n) is 5.78. The molecule has 0 bridgehead atoms. The summed E-state index contributed by atoms with van der Waals surface area (Å²) in [6, 6.07) is 9.88. The average Bonchev–Trinajstić information content (AvgIpc) is 2.32. The molecular weight excluding hydrogens is 236 g/mol. The molecule has 0 unspecified atom stereocenters. The van der Waals surface area contributed by atoms with Crippen molar-refractivity contribution in [3.05, 3.63) is 47.7 Å². The molecule has 0 atom stereocenters. The first kappa shape index (κ1) is 13.4. The molecule has 2 rings (SSSR count). The molecule has 0 amide bonds. The minimum atomic E-state index is 0.139. The van der Waals surface area contributed by atoms with Gasteiger partial charge in [-0.3, -0.25) is 0 Å². The third-order valence-electron chi connectivity index (χ3n) is 2.95. The highest BCUT2D eigenvalue weighted by atomic mass is 16.5. The van der Waals surface area contributed by atoms with Gasteiger partial charge in [0.05, 0.1) is 5.69 Å². The molecule has 2 aromatic rings. The molecular formula is C16H20N2O. The van der Waals surface area contributed by atoms with Crippen LogP contribution in [-0.2, 0) is 5.41 Å². The Morgan fingerprint density at radius 2 is 1.74 bits per heavy atom. The number of anilines is 1. The summed E-state index contributed by atoms with van der Waals surface area (Å²) in [5, 5.41) is 0. The van der Waals surface area contributed by atoms with E-state index in [4.69, 9.17) is 10.5 Å². The molecule has 1 aromatic heterocycles. The fourth-order valence-electron chi connectivity index (χ4n) is 1.80. The molecule has 0 radical (unpaired) electrons. The van der Waals surface area contributed by atoms with Gasteiger partial charge in [-0.25, -0.2) is 4.98 Å². The quantitative estimate of drug-likeness (QED) is 0.881. The summed E-state index contributed by atoms with van der Waals surface area (Å²) >= 11 is 0. The van der Waals surface area contributed by atoms with Crippen LogP contribution in [0.5, 0.6) is 11.6 Å². The molecule has 0 aliphatic heterocycles. The smallest absolute Gasteiger partial charge is 0.242 e. The first-order chi connectivity index (χ1) is 8.86. The minimum Gasteiger partial charge on any atom is -0.437 e. The van der Waals surface area contributed by atoms with E-state index in [0.717, 1.165) is 11.3 Å². The molecule has 0 fully saturated rings. The molecule has 1 heterocycles. The van der Waals surface area contributed by atoms with E-state index in [-0.39, 0.29) is 5.41 Å². The van der Waals surface area contributed by atoms with E-state index < -0.39 is 0 Å². The highest BCUT2D eigenvalue weighted by Gasteiger charge is 2.13. The number of ether oxygens (including phenoxy) is 1. The fourth-order valence-corrected chi connectivity index (χ4v) is 1.80. The van der Waals surface area contributed by atoms with Crippen molar-refractivity contribution < 1.29 is 4.74 Å². The Labute approximate surface area is 114 Å². The standard InChI is InChI=1S/C16H20N2O/c1-11-9-14(17)15(18-10-11)19-13-7-5-12(6-8-13)16(2,3)4/h5-10H,17H2,1-4H3. The van der Waals surface area contributed by atoms with Crippen LogP contribution in [0.2, 0.25) is 0 Å². The van der Waals surface area contributed by atoms with E-state index >= 15 is 0 Å². The van der Waals surface area contributed by atoms with Crippen LogP contribution in [0.1, 0.15) is 31.9 Å². The van der Waals surface area contributed by atoms with E-state index in [2.05, 4.69) is 37.9 Å². The molecule has 0 saturated heterocycles. The average molecular weight is 256 g/mol. The lowest BCUT2D eigenvalue weighted by molar-refractivity contribution is 0.464. The zero-order valence-corrected chi connectivity index (χ0v) is 11.9. The Kier molecular flexibility index (Phi) is 3.47. The van der Waals surface area contributed by atoms with Crippen molar-refractivity contribution >= 4 is 5.69 Å². The maximum atomic E-state index is 5.88. The van der Waals surface area contributed by atoms with E-state index in [0.29, 0.717) is 11.6 Å². The second-order valence-corrected chi connectivity index (χ2v) is 5.78. The maximum Gasteiger partial charge on any atom is 0.242 e. The van der Waals surface area contributed by atoms with Crippen LogP contribution in [0.15, 0.2) is 36.5 Å². The molecule has 19 heavy (non-hydrogen) atoms. The summed E-state index contributed by atoms with van der Waals surface area (Å²) in [5.41, 5.74) is 8.86. The normalized spacial score (nSPS) is 11.4. The van der Waals surface area contributed by atoms with Crippen molar-refractivity contribution in [2.24, 2.45) is 0 Å². The van der Waals surface area contributed by atoms with E-state index in [1.165, 1.54) is 5.56 Å². The van der Waals surface area contributed by atoms with Crippen LogP contribution >= 0.6 is 0 Å². The summed E-state index contributed by atoms with van der Waals surface area (Å²) in [4.78, 5) is 4.20. The van der Waals surface area contributed by atoms with Gasteiger partial charge in [-0.15, -0.1) is 0 Å². The van der Waals surface area contributed by atoms with Crippen LogP contribution in [0.4, 0.5) is 5.69 Å². The molecule has 3 heteroatoms. The van der Waals surface area contributed by atoms with Crippen LogP contribution in [0.3, 0.4) is 0 Å². The largest absolute Gasteiger partial charge is 0.437 e. The lowest BCUT2D eigenvalue weighted by Gasteiger charge is -2.19. The molecule has 0 aliphatic rings. The lowest BCUT2D eigenvalue weighted by Crippen LogP contribution is -2.10. The number of hydrogen-bond donors (Lipinski definition) is 1. The summed E-state index contributed by atoms with van der Waals surface area (Å²) < 4.78 is 5.70. The summed E-state index contributed by atoms with van der Waals surface area (Å²) in [6.07, 6.45) is 1.75. The molecule has 100 valence electrons. The van der Waals surface area contributed by atoms with Gasteiger partial charge in [0, 0.05) is 6.20 Å². The van der Waals surface area contributed by atoms with Crippen molar-refractivity contribution in [1.29, 1.82) is 0 Å². The molecule has 0 aliphatic carbocycles. The topological polar surface area (TPSA) is 48.1 Å². The number of benzene rings is 1. The molecule has 1 aromatic carbocycles. The minimum absolute atomic E-state index is 0.139. The Hall–Kier alpha value is -2.03. The first-order valence-corrected chi connectivity index (χ1v) is 6.37. The molecule has 0 spiro atoms. The van der Waals surface area contributed by atoms with E-state index in [1.54, 1.807) is 6.20 Å². The van der Waals surface area contributed by atoms with Gasteiger partial charge in [0.2, 0.25) is 5.88 Å². The van der Waals surface area contributed by atoms with Crippen LogP contribution in [-0.4, -0.2) is 4.98 Å². The number of rotatable bonds is 2. The van der Waals surface area contributed by atoms with Crippen molar-refractivity contribution in [2.75, 3.05) is 5.73 Å². The number of nitrogens with two attached hydrogens (primary N) is 1. The molecule has 2 N–H and O–H groups in total. The number of aryl methyl sites for hydroxylation is 1. The SMILES string of the molecule is Cc1cnc(Oc2ccc(C(C)(C)C)cc2)c(N)c1. The van der Waals surface area contributed by atoms with Crippen molar-refractivity contribution in [3.8, 4) is 11.6 Å². The van der Waals surface area contributed by atoms with Gasteiger partial charge < -0.3 is 10.5 Å². The van der Waals surface area contributed by atoms with E-state index in [9.17, 15) is 0 Å². The van der Waals surface area contributed by atoms with E-state index in [1.807, 2.05) is 25.1 Å². The zero-order chi connectivity index (χ0) is 14.0. The summed E-state index contributed by atoms with van der Waals surface area (Å²) in [5.74, 6) is 1.20. The Morgan fingerprint density at radius 3 is 2.26 bits per heavy atom. The molecule has 3 nitrogen and oxygen atoms in total. The molecule has 0 saturated carbocycles. The number of hydrogen-bond acceptors (Lipinski definition) is 3. The highest BCUT2D eigenvalue weighted by Crippen LogP contribution is 2.28. The van der Waals surface area contributed by atoms with Gasteiger partial charge in [-0.1, -0.05) is 32.9 Å². The monoisotopic (exact) mass is 256 g/mol. The van der Waals surface area contributed by atoms with Gasteiger partial charge in [-0.05, 0) is 41.7 Å². The third-order valence-corrected chi connectivity index (χ3v) is 2.95. The van der Waals surface area contributed by atoms with Crippen LogP contribution in [0, 0.1) is 6.92 Å². The second kappa shape index (κ2) is 4.92. The predicted octanol–water partition coefficient (Wildman–Crippen LogP) is 4.06. The number of nitrogens with zero attached hydrogens (tertiary/aromatic N) is 1. The fraction of sp³-hybridized carbons (Fsp3) is 0.312. The number of nitrogen functional groups attached to an aromatic ring is 1. The van der Waals surface area contributed by atoms with Crippen LogP contribution < -0.4 is 10.5 Å². The maximum absolute atomic E-state index is 5.88. The third kappa shape index (κ3) is 3.25. The zero-order valence-electron chi connectivity index (χ0n) is 11.9. The van der Waals surface area contributed by atoms with Gasteiger partial charge >= 0.3 is 0 Å². The van der Waals surface area contributed by atoms with Gasteiger partial charge in [0.25, 0.3) is 0 Å². The predicted molar refractivity (Wildman–Crippen MR) is 78.6 cm³/mol. The van der Waals surface area contributed by atoms with Crippen molar-refractivity contribution in [1.82, 2.24) is 4.98 Å². The number of aromatic nitrogens is 1. The first-order valence-electron chi connectivity index (χ1n) is 6.37. The van der Waals surface area contributed by atoms with Gasteiger partial charge in [0.15, 0.2) is 0 Å².